The van der Waals surface area contributed by atoms with Crippen molar-refractivity contribution >= 4 is 23.6 Å². The quantitative estimate of drug-likeness (QED) is 0.701. The number of amides is 3. The maximum Gasteiger partial charge on any atom is 0.323 e. The summed E-state index contributed by atoms with van der Waals surface area (Å²) in [5, 5.41) is 13.7. The summed E-state index contributed by atoms with van der Waals surface area (Å²) in [5.41, 5.74) is 0.610. The van der Waals surface area contributed by atoms with Crippen molar-refractivity contribution in [3.8, 4) is 0 Å². The van der Waals surface area contributed by atoms with E-state index in [0.29, 0.717) is 18.7 Å². The van der Waals surface area contributed by atoms with E-state index < -0.39 is 17.9 Å². The molecule has 0 spiro atoms. The van der Waals surface area contributed by atoms with E-state index in [1.807, 2.05) is 13.0 Å². The average molecular weight is 293 g/mol. The normalized spacial score (nSPS) is 9.76. The molecule has 0 aliphatic heterocycles. The zero-order valence-electron chi connectivity index (χ0n) is 11.8. The first kappa shape index (κ1) is 16.5. The predicted octanol–water partition coefficient (Wildman–Crippen LogP) is 1.13. The fourth-order valence-corrected chi connectivity index (χ4v) is 1.69. The molecule has 1 aromatic rings. The number of benzene rings is 1. The summed E-state index contributed by atoms with van der Waals surface area (Å²) in [6.07, 6.45) is 0.648. The first-order chi connectivity index (χ1) is 10.0. The second kappa shape index (κ2) is 8.57. The van der Waals surface area contributed by atoms with E-state index in [4.69, 9.17) is 5.11 Å². The van der Waals surface area contributed by atoms with Gasteiger partial charge in [0.1, 0.15) is 6.54 Å². The zero-order valence-corrected chi connectivity index (χ0v) is 11.8. The van der Waals surface area contributed by atoms with Crippen LogP contribution in [0.15, 0.2) is 30.3 Å². The fraction of sp³-hybridized carbons (Fsp3) is 0.357. The molecule has 0 saturated carbocycles. The standard InChI is InChI=1S/C14H19N3O4/c1-2-8-17(10-13(19)20)12(18)9-15-14(21)16-11-6-4-3-5-7-11/h3-7H,2,8-10H2,1H3,(H,19,20)(H2,15,16,21). The van der Waals surface area contributed by atoms with E-state index in [9.17, 15) is 14.4 Å². The molecular formula is C14H19N3O4. The van der Waals surface area contributed by atoms with Crippen LogP contribution in [0.2, 0.25) is 0 Å². The van der Waals surface area contributed by atoms with Crippen molar-refractivity contribution in [3.63, 3.8) is 0 Å². The summed E-state index contributed by atoms with van der Waals surface area (Å²) in [6.45, 7) is 1.57. The molecule has 0 unspecified atom stereocenters. The first-order valence-corrected chi connectivity index (χ1v) is 6.62. The van der Waals surface area contributed by atoms with E-state index in [1.165, 1.54) is 4.90 Å². The van der Waals surface area contributed by atoms with Crippen LogP contribution in [0, 0.1) is 0 Å². The number of carbonyl (C=O) groups excluding carboxylic acids is 2. The average Bonchev–Trinajstić information content (AvgIpc) is 2.45. The van der Waals surface area contributed by atoms with E-state index in [-0.39, 0.29) is 13.1 Å². The number of carboxylic acid groups (broad SMARTS) is 1. The van der Waals surface area contributed by atoms with Crippen LogP contribution >= 0.6 is 0 Å². The Morgan fingerprint density at radius 1 is 1.19 bits per heavy atom. The molecule has 21 heavy (non-hydrogen) atoms. The lowest BCUT2D eigenvalue weighted by Gasteiger charge is -2.20. The smallest absolute Gasteiger partial charge is 0.323 e. The molecule has 1 rings (SSSR count). The van der Waals surface area contributed by atoms with Crippen LogP contribution in [0.1, 0.15) is 13.3 Å². The first-order valence-electron chi connectivity index (χ1n) is 6.62. The topological polar surface area (TPSA) is 98.7 Å². The number of rotatable bonds is 7. The Bertz CT molecular complexity index is 490. The molecule has 3 N–H and O–H groups in total. The highest BCUT2D eigenvalue weighted by atomic mass is 16.4. The number of hydrogen-bond acceptors (Lipinski definition) is 3. The predicted molar refractivity (Wildman–Crippen MR) is 78.0 cm³/mol. The Morgan fingerprint density at radius 3 is 2.43 bits per heavy atom. The fourth-order valence-electron chi connectivity index (χ4n) is 1.69. The van der Waals surface area contributed by atoms with Gasteiger partial charge in [0.2, 0.25) is 5.91 Å². The van der Waals surface area contributed by atoms with Gasteiger partial charge < -0.3 is 20.6 Å². The number of anilines is 1. The van der Waals surface area contributed by atoms with Crippen molar-refractivity contribution in [1.82, 2.24) is 10.2 Å². The Kier molecular flexibility index (Phi) is 6.73. The molecule has 3 amide bonds. The number of nitrogens with zero attached hydrogens (tertiary/aromatic N) is 1. The van der Waals surface area contributed by atoms with Crippen molar-refractivity contribution in [3.05, 3.63) is 30.3 Å². The van der Waals surface area contributed by atoms with Gasteiger partial charge in [-0.2, -0.15) is 0 Å². The van der Waals surface area contributed by atoms with Crippen molar-refractivity contribution in [1.29, 1.82) is 0 Å². The van der Waals surface area contributed by atoms with Crippen LogP contribution in [-0.4, -0.2) is 47.5 Å². The minimum atomic E-state index is -1.08. The largest absolute Gasteiger partial charge is 0.480 e. The van der Waals surface area contributed by atoms with Gasteiger partial charge >= 0.3 is 12.0 Å². The highest BCUT2D eigenvalue weighted by Gasteiger charge is 2.16. The van der Waals surface area contributed by atoms with Crippen LogP contribution in [0.4, 0.5) is 10.5 Å². The third-order valence-corrected chi connectivity index (χ3v) is 2.60. The van der Waals surface area contributed by atoms with Crippen LogP contribution in [-0.2, 0) is 9.59 Å². The molecule has 0 saturated heterocycles. The summed E-state index contributed by atoms with van der Waals surface area (Å²) in [5.74, 6) is -1.51. The van der Waals surface area contributed by atoms with E-state index in [1.54, 1.807) is 24.3 Å². The number of carboxylic acids is 1. The molecule has 0 aromatic heterocycles. The van der Waals surface area contributed by atoms with E-state index >= 15 is 0 Å². The molecule has 0 heterocycles. The highest BCUT2D eigenvalue weighted by molar-refractivity contribution is 5.92. The molecule has 0 aliphatic carbocycles. The lowest BCUT2D eigenvalue weighted by atomic mass is 10.3. The van der Waals surface area contributed by atoms with E-state index in [0.717, 1.165) is 0 Å². The van der Waals surface area contributed by atoms with Gasteiger partial charge in [-0.1, -0.05) is 25.1 Å². The number of para-hydroxylation sites is 1. The second-order valence-corrected chi connectivity index (χ2v) is 4.38. The molecule has 0 aliphatic rings. The number of urea groups is 1. The molecule has 0 atom stereocenters. The highest BCUT2D eigenvalue weighted by Crippen LogP contribution is 2.04. The van der Waals surface area contributed by atoms with Gasteiger partial charge in [-0.15, -0.1) is 0 Å². The summed E-state index contributed by atoms with van der Waals surface area (Å²) in [6, 6.07) is 8.29. The molecule has 0 bridgehead atoms. The van der Waals surface area contributed by atoms with Gasteiger partial charge in [-0.3, -0.25) is 9.59 Å². The van der Waals surface area contributed by atoms with Crippen molar-refractivity contribution < 1.29 is 19.5 Å². The minimum Gasteiger partial charge on any atom is -0.480 e. The lowest BCUT2D eigenvalue weighted by molar-refractivity contribution is -0.144. The number of nitrogens with one attached hydrogen (secondary N) is 2. The van der Waals surface area contributed by atoms with Crippen LogP contribution in [0.5, 0.6) is 0 Å². The lowest BCUT2D eigenvalue weighted by Crippen LogP contribution is -2.43. The third kappa shape index (κ3) is 6.42. The van der Waals surface area contributed by atoms with Crippen molar-refractivity contribution in [2.24, 2.45) is 0 Å². The SMILES string of the molecule is CCCN(CC(=O)O)C(=O)CNC(=O)Nc1ccccc1. The monoisotopic (exact) mass is 293 g/mol. The summed E-state index contributed by atoms with van der Waals surface area (Å²) < 4.78 is 0. The zero-order chi connectivity index (χ0) is 15.7. The van der Waals surface area contributed by atoms with Gasteiger partial charge in [0.05, 0.1) is 6.54 Å². The minimum absolute atomic E-state index is 0.244. The molecule has 0 fully saturated rings. The van der Waals surface area contributed by atoms with Crippen LogP contribution < -0.4 is 10.6 Å². The maximum absolute atomic E-state index is 11.8. The van der Waals surface area contributed by atoms with Crippen molar-refractivity contribution in [2.45, 2.75) is 13.3 Å². The second-order valence-electron chi connectivity index (χ2n) is 4.38. The summed E-state index contributed by atoms with van der Waals surface area (Å²) >= 11 is 0. The van der Waals surface area contributed by atoms with Gasteiger partial charge in [0.15, 0.2) is 0 Å². The van der Waals surface area contributed by atoms with Gasteiger partial charge in [-0.05, 0) is 18.6 Å². The van der Waals surface area contributed by atoms with E-state index in [2.05, 4.69) is 10.6 Å². The van der Waals surface area contributed by atoms with Gasteiger partial charge in [0.25, 0.3) is 0 Å². The molecular weight excluding hydrogens is 274 g/mol. The Hall–Kier alpha value is -2.57. The molecule has 114 valence electrons. The number of aliphatic carboxylic acids is 1. The van der Waals surface area contributed by atoms with Crippen molar-refractivity contribution in [2.75, 3.05) is 25.0 Å². The maximum atomic E-state index is 11.8. The molecule has 1 aromatic carbocycles. The molecule has 0 radical (unpaired) electrons. The van der Waals surface area contributed by atoms with Gasteiger partial charge in [0, 0.05) is 12.2 Å². The molecule has 7 nitrogen and oxygen atoms in total. The summed E-state index contributed by atoms with van der Waals surface area (Å²) in [4.78, 5) is 35.3. The van der Waals surface area contributed by atoms with Gasteiger partial charge in [-0.25, -0.2) is 4.79 Å². The Morgan fingerprint density at radius 2 is 1.86 bits per heavy atom. The van der Waals surface area contributed by atoms with Crippen LogP contribution in [0.3, 0.4) is 0 Å². The Labute approximate surface area is 122 Å². The summed E-state index contributed by atoms with van der Waals surface area (Å²) in [7, 11) is 0. The number of hydrogen-bond donors (Lipinski definition) is 3. The third-order valence-electron chi connectivity index (χ3n) is 2.60. The Balaban J connectivity index is 2.43. The molecule has 7 heteroatoms. The van der Waals surface area contributed by atoms with Crippen LogP contribution in [0.25, 0.3) is 0 Å². The number of carbonyl (C=O) groups is 3.